The highest BCUT2D eigenvalue weighted by Crippen LogP contribution is 2.14. The maximum absolute atomic E-state index is 13.2. The monoisotopic (exact) mass is 244 g/mol. The van der Waals surface area contributed by atoms with Gasteiger partial charge in [-0.05, 0) is 37.7 Å². The molecule has 0 fully saturated rings. The zero-order valence-corrected chi connectivity index (χ0v) is 10.00. The lowest BCUT2D eigenvalue weighted by atomic mass is 10.3. The third-order valence-electron chi connectivity index (χ3n) is 2.17. The zero-order valence-electron chi connectivity index (χ0n) is 9.18. The van der Waals surface area contributed by atoms with Crippen LogP contribution in [-0.2, 0) is 0 Å². The predicted molar refractivity (Wildman–Crippen MR) is 65.5 cm³/mol. The summed E-state index contributed by atoms with van der Waals surface area (Å²) in [6.07, 6.45) is 0.910. The molecule has 16 heavy (non-hydrogen) atoms. The largest absolute Gasteiger partial charge is 0.360 e. The minimum absolute atomic E-state index is 0.169. The van der Waals surface area contributed by atoms with Gasteiger partial charge in [-0.3, -0.25) is 0 Å². The van der Waals surface area contributed by atoms with Crippen LogP contribution in [0.5, 0.6) is 0 Å². The fourth-order valence-electron chi connectivity index (χ4n) is 1.08. The number of thiocarbonyl (C=S) groups is 1. The van der Waals surface area contributed by atoms with E-state index in [-0.39, 0.29) is 11.7 Å². The highest BCUT2D eigenvalue weighted by molar-refractivity contribution is 7.80. The van der Waals surface area contributed by atoms with Gasteiger partial charge in [0.1, 0.15) is 11.6 Å². The highest BCUT2D eigenvalue weighted by atomic mass is 32.1. The molecule has 5 heteroatoms. The molecule has 0 spiro atoms. The molecule has 0 aliphatic carbocycles. The molecule has 0 saturated heterocycles. The number of anilines is 1. The Balaban J connectivity index is 2.63. The molecule has 0 heterocycles. The van der Waals surface area contributed by atoms with Crippen LogP contribution in [0.4, 0.5) is 14.5 Å². The van der Waals surface area contributed by atoms with Crippen LogP contribution in [0.15, 0.2) is 18.2 Å². The molecule has 88 valence electrons. The lowest BCUT2D eigenvalue weighted by molar-refractivity contribution is 0.585. The maximum Gasteiger partial charge on any atom is 0.171 e. The molecule has 0 saturated carbocycles. The van der Waals surface area contributed by atoms with Crippen LogP contribution in [0.2, 0.25) is 0 Å². The molecule has 0 aromatic heterocycles. The van der Waals surface area contributed by atoms with Crippen molar-refractivity contribution in [1.29, 1.82) is 0 Å². The van der Waals surface area contributed by atoms with E-state index in [0.29, 0.717) is 5.11 Å². The standard InChI is InChI=1S/C11H14F2N2S/c1-3-7(2)14-11(16)15-10-5-4-8(12)6-9(10)13/h4-7H,3H2,1-2H3,(H2,14,15,16)/t7-/m1/s1. The van der Waals surface area contributed by atoms with Crippen molar-refractivity contribution in [3.05, 3.63) is 29.8 Å². The highest BCUT2D eigenvalue weighted by Gasteiger charge is 2.06. The van der Waals surface area contributed by atoms with Crippen molar-refractivity contribution in [3.63, 3.8) is 0 Å². The normalized spacial score (nSPS) is 12.0. The Kier molecular flexibility index (Phi) is 4.61. The second-order valence-corrected chi connectivity index (χ2v) is 3.94. The lowest BCUT2D eigenvalue weighted by Gasteiger charge is -2.15. The topological polar surface area (TPSA) is 24.1 Å². The van der Waals surface area contributed by atoms with Crippen molar-refractivity contribution in [2.24, 2.45) is 0 Å². The molecule has 0 amide bonds. The summed E-state index contributed by atoms with van der Waals surface area (Å²) < 4.78 is 25.9. The van der Waals surface area contributed by atoms with E-state index in [0.717, 1.165) is 12.5 Å². The third kappa shape index (κ3) is 3.73. The Morgan fingerprint density at radius 3 is 2.69 bits per heavy atom. The summed E-state index contributed by atoms with van der Waals surface area (Å²) in [5, 5.41) is 5.99. The van der Waals surface area contributed by atoms with Crippen LogP contribution in [0.25, 0.3) is 0 Å². The Morgan fingerprint density at radius 1 is 1.44 bits per heavy atom. The first-order valence-corrected chi connectivity index (χ1v) is 5.46. The van der Waals surface area contributed by atoms with Gasteiger partial charge in [-0.2, -0.15) is 0 Å². The van der Waals surface area contributed by atoms with Gasteiger partial charge in [0.15, 0.2) is 5.11 Å². The summed E-state index contributed by atoms with van der Waals surface area (Å²) in [5.41, 5.74) is 0.169. The Morgan fingerprint density at radius 2 is 2.12 bits per heavy atom. The molecule has 2 N–H and O–H groups in total. The number of hydrogen-bond donors (Lipinski definition) is 2. The van der Waals surface area contributed by atoms with Crippen LogP contribution in [-0.4, -0.2) is 11.2 Å². The second-order valence-electron chi connectivity index (χ2n) is 3.53. The first-order valence-electron chi connectivity index (χ1n) is 5.05. The smallest absolute Gasteiger partial charge is 0.171 e. The molecule has 1 aromatic rings. The van der Waals surface area contributed by atoms with Crippen molar-refractivity contribution in [3.8, 4) is 0 Å². The predicted octanol–water partition coefficient (Wildman–Crippen LogP) is 3.05. The number of benzene rings is 1. The van der Waals surface area contributed by atoms with E-state index < -0.39 is 11.6 Å². The molecule has 0 aliphatic rings. The summed E-state index contributed by atoms with van der Waals surface area (Å²) in [7, 11) is 0. The molecule has 0 radical (unpaired) electrons. The van der Waals surface area contributed by atoms with Crippen molar-refractivity contribution in [2.75, 3.05) is 5.32 Å². The molecule has 0 bridgehead atoms. The van der Waals surface area contributed by atoms with Gasteiger partial charge in [-0.15, -0.1) is 0 Å². The fourth-order valence-corrected chi connectivity index (χ4v) is 1.39. The minimum atomic E-state index is -0.659. The van der Waals surface area contributed by atoms with Crippen LogP contribution >= 0.6 is 12.2 Å². The fraction of sp³-hybridized carbons (Fsp3) is 0.364. The van der Waals surface area contributed by atoms with Gasteiger partial charge in [-0.1, -0.05) is 6.92 Å². The van der Waals surface area contributed by atoms with E-state index in [4.69, 9.17) is 12.2 Å². The summed E-state index contributed by atoms with van der Waals surface area (Å²) in [4.78, 5) is 0. The quantitative estimate of drug-likeness (QED) is 0.799. The van der Waals surface area contributed by atoms with Crippen LogP contribution in [0, 0.1) is 11.6 Å². The Hall–Kier alpha value is -1.23. The van der Waals surface area contributed by atoms with Crippen molar-refractivity contribution in [1.82, 2.24) is 5.32 Å². The molecule has 1 atom stereocenters. The molecule has 2 nitrogen and oxygen atoms in total. The average molecular weight is 244 g/mol. The summed E-state index contributed by atoms with van der Waals surface area (Å²) >= 11 is 4.99. The summed E-state index contributed by atoms with van der Waals surface area (Å²) in [5.74, 6) is -1.27. The van der Waals surface area contributed by atoms with E-state index in [1.165, 1.54) is 12.1 Å². The van der Waals surface area contributed by atoms with Crippen LogP contribution in [0.1, 0.15) is 20.3 Å². The number of hydrogen-bond acceptors (Lipinski definition) is 1. The van der Waals surface area contributed by atoms with Crippen LogP contribution in [0.3, 0.4) is 0 Å². The van der Waals surface area contributed by atoms with Gasteiger partial charge in [0.2, 0.25) is 0 Å². The van der Waals surface area contributed by atoms with E-state index in [2.05, 4.69) is 10.6 Å². The first-order chi connectivity index (χ1) is 7.52. The molecule has 0 aliphatic heterocycles. The van der Waals surface area contributed by atoms with Gasteiger partial charge in [0, 0.05) is 12.1 Å². The van der Waals surface area contributed by atoms with E-state index >= 15 is 0 Å². The number of rotatable bonds is 3. The van der Waals surface area contributed by atoms with Gasteiger partial charge in [-0.25, -0.2) is 8.78 Å². The van der Waals surface area contributed by atoms with Crippen LogP contribution < -0.4 is 10.6 Å². The van der Waals surface area contributed by atoms with E-state index in [1.807, 2.05) is 13.8 Å². The van der Waals surface area contributed by atoms with Crippen molar-refractivity contribution < 1.29 is 8.78 Å². The molecular weight excluding hydrogens is 230 g/mol. The average Bonchev–Trinajstić information content (AvgIpc) is 2.22. The van der Waals surface area contributed by atoms with E-state index in [9.17, 15) is 8.78 Å². The first kappa shape index (κ1) is 12.8. The molecule has 1 rings (SSSR count). The van der Waals surface area contributed by atoms with Gasteiger partial charge in [0.05, 0.1) is 5.69 Å². The molecular formula is C11H14F2N2S. The SMILES string of the molecule is CC[C@@H](C)NC(=S)Nc1ccc(F)cc1F. The van der Waals surface area contributed by atoms with Gasteiger partial charge in [0.25, 0.3) is 0 Å². The minimum Gasteiger partial charge on any atom is -0.360 e. The Labute approximate surface area is 99.0 Å². The van der Waals surface area contributed by atoms with Crippen molar-refractivity contribution >= 4 is 23.0 Å². The third-order valence-corrected chi connectivity index (χ3v) is 2.39. The molecule has 0 unspecified atom stereocenters. The maximum atomic E-state index is 13.2. The zero-order chi connectivity index (χ0) is 12.1. The van der Waals surface area contributed by atoms with Gasteiger partial charge < -0.3 is 10.6 Å². The Bertz CT molecular complexity index is 382. The summed E-state index contributed by atoms with van der Waals surface area (Å²) in [6.45, 7) is 3.98. The van der Waals surface area contributed by atoms with Gasteiger partial charge >= 0.3 is 0 Å². The van der Waals surface area contributed by atoms with Crippen molar-refractivity contribution in [2.45, 2.75) is 26.3 Å². The summed E-state index contributed by atoms with van der Waals surface area (Å²) in [6, 6.07) is 3.52. The number of halogens is 2. The lowest BCUT2D eigenvalue weighted by Crippen LogP contribution is -2.35. The van der Waals surface area contributed by atoms with E-state index in [1.54, 1.807) is 0 Å². The molecule has 1 aromatic carbocycles. The second kappa shape index (κ2) is 5.75. The number of nitrogens with one attached hydrogen (secondary N) is 2.